The van der Waals surface area contributed by atoms with Gasteiger partial charge < -0.3 is 15.4 Å². The highest BCUT2D eigenvalue weighted by molar-refractivity contribution is 5.86. The second-order valence-electron chi connectivity index (χ2n) is 5.93. The van der Waals surface area contributed by atoms with Gasteiger partial charge in [-0.2, -0.15) is 0 Å². The summed E-state index contributed by atoms with van der Waals surface area (Å²) in [5.41, 5.74) is 5.48. The molecule has 5 heteroatoms. The van der Waals surface area contributed by atoms with E-state index in [1.54, 1.807) is 0 Å². The number of halogens is 1. The number of nitrogens with two attached hydrogens (primary N) is 1. The zero-order valence-corrected chi connectivity index (χ0v) is 12.9. The Kier molecular flexibility index (Phi) is 6.09. The molecule has 3 atom stereocenters. The number of fused-ring (bicyclic) bond motifs is 1. The summed E-state index contributed by atoms with van der Waals surface area (Å²) in [6.07, 6.45) is 6.51. The van der Waals surface area contributed by atoms with E-state index in [0.29, 0.717) is 13.2 Å². The predicted molar refractivity (Wildman–Crippen MR) is 78.5 cm³/mol. The maximum Gasteiger partial charge on any atom is 0.242 e. The Labute approximate surface area is 122 Å². The van der Waals surface area contributed by atoms with E-state index in [1.165, 1.54) is 12.8 Å². The van der Waals surface area contributed by atoms with E-state index in [1.807, 2.05) is 11.8 Å². The lowest BCUT2D eigenvalue weighted by atomic mass is 9.87. The molecular formula is C14H27ClN2O2. The van der Waals surface area contributed by atoms with Crippen LogP contribution in [0.5, 0.6) is 0 Å². The molecule has 2 aliphatic rings. The lowest BCUT2D eigenvalue weighted by molar-refractivity contribution is -0.154. The molecule has 1 aliphatic carbocycles. The van der Waals surface area contributed by atoms with E-state index in [-0.39, 0.29) is 30.5 Å². The van der Waals surface area contributed by atoms with Crippen LogP contribution in [0.1, 0.15) is 52.4 Å². The van der Waals surface area contributed by atoms with Crippen LogP contribution in [0.3, 0.4) is 0 Å². The summed E-state index contributed by atoms with van der Waals surface area (Å²) >= 11 is 0. The Morgan fingerprint density at radius 1 is 1.42 bits per heavy atom. The van der Waals surface area contributed by atoms with Crippen molar-refractivity contribution in [1.29, 1.82) is 0 Å². The number of ether oxygens (including phenoxy) is 1. The van der Waals surface area contributed by atoms with Gasteiger partial charge in [0.2, 0.25) is 5.91 Å². The van der Waals surface area contributed by atoms with Crippen molar-refractivity contribution in [2.75, 3.05) is 13.2 Å². The molecule has 0 spiro atoms. The van der Waals surface area contributed by atoms with E-state index in [9.17, 15) is 4.79 Å². The number of hydrogen-bond donors (Lipinski definition) is 1. The van der Waals surface area contributed by atoms with Gasteiger partial charge in [-0.15, -0.1) is 12.4 Å². The molecule has 1 amide bonds. The van der Waals surface area contributed by atoms with Crippen LogP contribution in [0, 0.1) is 0 Å². The number of carbonyl (C=O) groups excluding carboxylic acids is 1. The summed E-state index contributed by atoms with van der Waals surface area (Å²) in [4.78, 5) is 14.6. The van der Waals surface area contributed by atoms with Crippen molar-refractivity contribution in [2.45, 2.75) is 70.1 Å². The summed E-state index contributed by atoms with van der Waals surface area (Å²) in [5.74, 6) is 0.115. The lowest BCUT2D eigenvalue weighted by Gasteiger charge is -2.46. The highest BCUT2D eigenvalue weighted by Crippen LogP contribution is 2.30. The van der Waals surface area contributed by atoms with Gasteiger partial charge in [-0.3, -0.25) is 4.79 Å². The van der Waals surface area contributed by atoms with Crippen molar-refractivity contribution in [2.24, 2.45) is 5.73 Å². The molecule has 0 radical (unpaired) electrons. The molecule has 4 nitrogen and oxygen atoms in total. The number of amides is 1. The second-order valence-corrected chi connectivity index (χ2v) is 5.93. The van der Waals surface area contributed by atoms with Crippen LogP contribution in [0.15, 0.2) is 0 Å². The highest BCUT2D eigenvalue weighted by atomic mass is 35.5. The molecule has 0 aromatic carbocycles. The van der Waals surface area contributed by atoms with Gasteiger partial charge in [-0.05, 0) is 26.2 Å². The monoisotopic (exact) mass is 290 g/mol. The molecule has 1 aliphatic heterocycles. The molecule has 0 aromatic heterocycles. The van der Waals surface area contributed by atoms with Gasteiger partial charge in [0.25, 0.3) is 0 Å². The molecule has 0 aromatic rings. The van der Waals surface area contributed by atoms with Crippen molar-refractivity contribution >= 4 is 18.3 Å². The number of carbonyl (C=O) groups is 1. The van der Waals surface area contributed by atoms with Crippen LogP contribution >= 0.6 is 12.4 Å². The number of morpholine rings is 1. The van der Waals surface area contributed by atoms with E-state index in [4.69, 9.17) is 10.5 Å². The molecule has 2 rings (SSSR count). The van der Waals surface area contributed by atoms with Gasteiger partial charge in [0, 0.05) is 6.54 Å². The summed E-state index contributed by atoms with van der Waals surface area (Å²) in [5, 5.41) is 0. The van der Waals surface area contributed by atoms with Gasteiger partial charge in [-0.1, -0.05) is 26.2 Å². The fraction of sp³-hybridized carbons (Fsp3) is 0.929. The topological polar surface area (TPSA) is 55.6 Å². The summed E-state index contributed by atoms with van der Waals surface area (Å²) in [7, 11) is 0. The maximum atomic E-state index is 12.6. The minimum absolute atomic E-state index is 0. The molecular weight excluding hydrogens is 264 g/mol. The molecule has 1 saturated carbocycles. The van der Waals surface area contributed by atoms with Crippen molar-refractivity contribution in [3.63, 3.8) is 0 Å². The maximum absolute atomic E-state index is 12.6. The first kappa shape index (κ1) is 16.7. The summed E-state index contributed by atoms with van der Waals surface area (Å²) < 4.78 is 5.80. The van der Waals surface area contributed by atoms with Crippen molar-refractivity contribution in [1.82, 2.24) is 4.90 Å². The Balaban J connectivity index is 0.00000180. The first-order valence-electron chi connectivity index (χ1n) is 7.28. The van der Waals surface area contributed by atoms with E-state index in [0.717, 1.165) is 25.7 Å². The molecule has 3 unspecified atom stereocenters. The number of hydrogen-bond acceptors (Lipinski definition) is 3. The Morgan fingerprint density at radius 3 is 2.79 bits per heavy atom. The smallest absolute Gasteiger partial charge is 0.242 e. The molecule has 19 heavy (non-hydrogen) atoms. The predicted octanol–water partition coefficient (Wildman–Crippen LogP) is 2.10. The zero-order chi connectivity index (χ0) is 13.2. The van der Waals surface area contributed by atoms with Crippen LogP contribution in [-0.4, -0.2) is 41.6 Å². The van der Waals surface area contributed by atoms with Crippen LogP contribution in [0.4, 0.5) is 0 Å². The molecule has 1 heterocycles. The van der Waals surface area contributed by atoms with Crippen molar-refractivity contribution in [3.8, 4) is 0 Å². The first-order valence-corrected chi connectivity index (χ1v) is 7.28. The third kappa shape index (κ3) is 3.61. The number of rotatable bonds is 3. The van der Waals surface area contributed by atoms with Gasteiger partial charge >= 0.3 is 0 Å². The van der Waals surface area contributed by atoms with Crippen molar-refractivity contribution in [3.05, 3.63) is 0 Å². The minimum atomic E-state index is -0.714. The molecule has 1 saturated heterocycles. The van der Waals surface area contributed by atoms with Crippen LogP contribution in [0.25, 0.3) is 0 Å². The third-order valence-electron chi connectivity index (χ3n) is 4.25. The van der Waals surface area contributed by atoms with Gasteiger partial charge in [0.1, 0.15) is 0 Å². The molecule has 2 N–H and O–H groups in total. The van der Waals surface area contributed by atoms with Crippen LogP contribution < -0.4 is 5.73 Å². The Morgan fingerprint density at radius 2 is 2.11 bits per heavy atom. The first-order chi connectivity index (χ1) is 8.56. The summed E-state index contributed by atoms with van der Waals surface area (Å²) in [6, 6.07) is 0.264. The Bertz CT molecular complexity index is 308. The quantitative estimate of drug-likeness (QED) is 0.866. The van der Waals surface area contributed by atoms with Crippen LogP contribution in [-0.2, 0) is 9.53 Å². The van der Waals surface area contributed by atoms with Gasteiger partial charge in [0.15, 0.2) is 0 Å². The molecule has 112 valence electrons. The SMILES string of the molecule is CCCC(C)(N)C(=O)N1CCOC2CCCCC21.Cl. The van der Waals surface area contributed by atoms with Crippen LogP contribution in [0.2, 0.25) is 0 Å². The zero-order valence-electron chi connectivity index (χ0n) is 12.1. The fourth-order valence-electron chi connectivity index (χ4n) is 3.30. The highest BCUT2D eigenvalue weighted by Gasteiger charge is 2.41. The second kappa shape index (κ2) is 6.91. The largest absolute Gasteiger partial charge is 0.374 e. The van der Waals surface area contributed by atoms with E-state index >= 15 is 0 Å². The average Bonchev–Trinajstić information content (AvgIpc) is 2.37. The van der Waals surface area contributed by atoms with Gasteiger partial charge in [0.05, 0.1) is 24.3 Å². The fourth-order valence-corrected chi connectivity index (χ4v) is 3.30. The standard InChI is InChI=1S/C14H26N2O2.ClH/c1-3-8-14(2,15)13(17)16-9-10-18-12-7-5-4-6-11(12)16;/h11-12H,3-10,15H2,1-2H3;1H. The average molecular weight is 291 g/mol. The normalized spacial score (nSPS) is 29.9. The molecule has 0 bridgehead atoms. The van der Waals surface area contributed by atoms with E-state index < -0.39 is 5.54 Å². The molecule has 2 fully saturated rings. The number of nitrogens with zero attached hydrogens (tertiary/aromatic N) is 1. The summed E-state index contributed by atoms with van der Waals surface area (Å²) in [6.45, 7) is 5.30. The van der Waals surface area contributed by atoms with Crippen molar-refractivity contribution < 1.29 is 9.53 Å². The van der Waals surface area contributed by atoms with E-state index in [2.05, 4.69) is 6.92 Å². The lowest BCUT2D eigenvalue weighted by Crippen LogP contribution is -2.62. The van der Waals surface area contributed by atoms with Gasteiger partial charge in [-0.25, -0.2) is 0 Å². The Hall–Kier alpha value is -0.320. The minimum Gasteiger partial charge on any atom is -0.374 e. The third-order valence-corrected chi connectivity index (χ3v) is 4.25.